The Morgan fingerprint density at radius 1 is 1.20 bits per heavy atom. The Morgan fingerprint density at radius 3 is 2.73 bits per heavy atom. The van der Waals surface area contributed by atoms with Crippen molar-refractivity contribution >= 4 is 28.2 Å². The van der Waals surface area contributed by atoms with Crippen molar-refractivity contribution < 1.29 is 0 Å². The number of anilines is 1. The summed E-state index contributed by atoms with van der Waals surface area (Å²) in [5, 5.41) is 12.5. The highest BCUT2D eigenvalue weighted by atomic mass is 32.2. The van der Waals surface area contributed by atoms with Gasteiger partial charge in [0.25, 0.3) is 0 Å². The van der Waals surface area contributed by atoms with Gasteiger partial charge >= 0.3 is 0 Å². The SMILES string of the molecule is CCCCNc1nnc(SCCCC)s1. The van der Waals surface area contributed by atoms with Gasteiger partial charge in [-0.1, -0.05) is 49.8 Å². The number of hydrogen-bond donors (Lipinski definition) is 1. The molecule has 5 heteroatoms. The van der Waals surface area contributed by atoms with Crippen molar-refractivity contribution in [3.8, 4) is 0 Å². The topological polar surface area (TPSA) is 37.8 Å². The first-order valence-corrected chi connectivity index (χ1v) is 7.37. The van der Waals surface area contributed by atoms with Gasteiger partial charge in [-0.05, 0) is 12.8 Å². The Bertz CT molecular complexity index is 238. The van der Waals surface area contributed by atoms with Gasteiger partial charge in [0.15, 0.2) is 4.34 Å². The molecule has 1 rings (SSSR count). The Labute approximate surface area is 100 Å². The van der Waals surface area contributed by atoms with E-state index in [4.69, 9.17) is 0 Å². The van der Waals surface area contributed by atoms with Crippen molar-refractivity contribution in [1.29, 1.82) is 0 Å². The molecule has 0 bridgehead atoms. The van der Waals surface area contributed by atoms with Crippen LogP contribution in [0, 0.1) is 0 Å². The van der Waals surface area contributed by atoms with Gasteiger partial charge in [-0.3, -0.25) is 0 Å². The number of nitrogens with zero attached hydrogens (tertiary/aromatic N) is 2. The molecule has 0 saturated heterocycles. The van der Waals surface area contributed by atoms with Gasteiger partial charge in [-0.15, -0.1) is 10.2 Å². The van der Waals surface area contributed by atoms with E-state index in [9.17, 15) is 0 Å². The number of rotatable bonds is 8. The number of hydrogen-bond acceptors (Lipinski definition) is 5. The lowest BCUT2D eigenvalue weighted by molar-refractivity contribution is 0.830. The molecule has 0 saturated carbocycles. The van der Waals surface area contributed by atoms with Gasteiger partial charge in [-0.2, -0.15) is 0 Å². The summed E-state index contributed by atoms with van der Waals surface area (Å²) in [5.74, 6) is 1.15. The summed E-state index contributed by atoms with van der Waals surface area (Å²) in [6.07, 6.45) is 4.90. The van der Waals surface area contributed by atoms with Crippen molar-refractivity contribution in [1.82, 2.24) is 10.2 Å². The lowest BCUT2D eigenvalue weighted by Gasteiger charge is -1.97. The third kappa shape index (κ3) is 5.37. The van der Waals surface area contributed by atoms with E-state index < -0.39 is 0 Å². The Hall–Kier alpha value is -0.290. The summed E-state index contributed by atoms with van der Waals surface area (Å²) in [6.45, 7) is 5.40. The minimum atomic E-state index is 0.961. The molecule has 15 heavy (non-hydrogen) atoms. The Kier molecular flexibility index (Phi) is 6.76. The fourth-order valence-corrected chi connectivity index (χ4v) is 2.95. The molecule has 0 unspecified atom stereocenters. The van der Waals surface area contributed by atoms with Crippen LogP contribution in [0.2, 0.25) is 0 Å². The fourth-order valence-electron chi connectivity index (χ4n) is 1.02. The van der Waals surface area contributed by atoms with Crippen LogP contribution in [-0.2, 0) is 0 Å². The molecule has 86 valence electrons. The van der Waals surface area contributed by atoms with Crippen LogP contribution in [-0.4, -0.2) is 22.5 Å². The zero-order valence-electron chi connectivity index (χ0n) is 9.45. The fraction of sp³-hybridized carbons (Fsp3) is 0.800. The van der Waals surface area contributed by atoms with Crippen LogP contribution in [0.25, 0.3) is 0 Å². The Morgan fingerprint density at radius 2 is 2.00 bits per heavy atom. The molecule has 0 fully saturated rings. The second kappa shape index (κ2) is 7.93. The minimum Gasteiger partial charge on any atom is -0.360 e. The van der Waals surface area contributed by atoms with Crippen molar-refractivity contribution in [2.45, 2.75) is 43.9 Å². The maximum Gasteiger partial charge on any atom is 0.206 e. The average Bonchev–Trinajstić information content (AvgIpc) is 2.67. The number of thioether (sulfide) groups is 1. The van der Waals surface area contributed by atoms with Crippen LogP contribution in [0.5, 0.6) is 0 Å². The second-order valence-electron chi connectivity index (χ2n) is 3.36. The van der Waals surface area contributed by atoms with E-state index in [1.807, 2.05) is 11.8 Å². The molecule has 1 aromatic rings. The van der Waals surface area contributed by atoms with E-state index in [0.29, 0.717) is 0 Å². The zero-order valence-corrected chi connectivity index (χ0v) is 11.1. The summed E-state index contributed by atoms with van der Waals surface area (Å²) >= 11 is 3.47. The molecular formula is C10H19N3S2. The van der Waals surface area contributed by atoms with Gasteiger partial charge < -0.3 is 5.32 Å². The number of aromatic nitrogens is 2. The Balaban J connectivity index is 2.23. The molecule has 0 aliphatic rings. The van der Waals surface area contributed by atoms with E-state index >= 15 is 0 Å². The summed E-state index contributed by atoms with van der Waals surface area (Å²) in [5.41, 5.74) is 0. The normalized spacial score (nSPS) is 10.5. The van der Waals surface area contributed by atoms with Crippen LogP contribution in [0.3, 0.4) is 0 Å². The van der Waals surface area contributed by atoms with E-state index in [1.165, 1.54) is 25.7 Å². The van der Waals surface area contributed by atoms with E-state index in [-0.39, 0.29) is 0 Å². The van der Waals surface area contributed by atoms with Gasteiger partial charge in [0.05, 0.1) is 0 Å². The quantitative estimate of drug-likeness (QED) is 0.560. The highest BCUT2D eigenvalue weighted by molar-refractivity contribution is 8.01. The lowest BCUT2D eigenvalue weighted by Crippen LogP contribution is -1.99. The predicted molar refractivity (Wildman–Crippen MR) is 68.9 cm³/mol. The molecule has 0 aromatic carbocycles. The zero-order chi connectivity index (χ0) is 10.9. The molecule has 0 atom stereocenters. The molecule has 0 amide bonds. The summed E-state index contributed by atoms with van der Waals surface area (Å²) < 4.78 is 1.09. The molecule has 0 aliphatic carbocycles. The number of unbranched alkanes of at least 4 members (excludes halogenated alkanes) is 2. The predicted octanol–water partition coefficient (Wildman–Crippen LogP) is 3.64. The molecule has 0 spiro atoms. The lowest BCUT2D eigenvalue weighted by atomic mass is 10.3. The van der Waals surface area contributed by atoms with Crippen LogP contribution in [0.15, 0.2) is 4.34 Å². The summed E-state index contributed by atoms with van der Waals surface area (Å²) in [6, 6.07) is 0. The maximum atomic E-state index is 4.14. The van der Waals surface area contributed by atoms with Gasteiger partial charge in [0, 0.05) is 12.3 Å². The van der Waals surface area contributed by atoms with Crippen LogP contribution < -0.4 is 5.32 Å². The van der Waals surface area contributed by atoms with E-state index in [2.05, 4.69) is 29.4 Å². The average molecular weight is 245 g/mol. The summed E-state index contributed by atoms with van der Waals surface area (Å²) in [4.78, 5) is 0. The molecule has 1 aromatic heterocycles. The third-order valence-electron chi connectivity index (χ3n) is 1.94. The largest absolute Gasteiger partial charge is 0.360 e. The van der Waals surface area contributed by atoms with Gasteiger partial charge in [0.2, 0.25) is 5.13 Å². The second-order valence-corrected chi connectivity index (χ2v) is 5.68. The maximum absolute atomic E-state index is 4.14. The van der Waals surface area contributed by atoms with Crippen LogP contribution in [0.4, 0.5) is 5.13 Å². The first kappa shape index (κ1) is 12.8. The monoisotopic (exact) mass is 245 g/mol. The van der Waals surface area contributed by atoms with Crippen molar-refractivity contribution in [2.75, 3.05) is 17.6 Å². The standard InChI is InChI=1S/C10H19N3S2/c1-3-5-7-11-9-12-13-10(15-9)14-8-6-4-2/h3-8H2,1-2H3,(H,11,12). The molecular weight excluding hydrogens is 226 g/mol. The molecule has 1 N–H and O–H groups in total. The summed E-state index contributed by atoms with van der Waals surface area (Å²) in [7, 11) is 0. The highest BCUT2D eigenvalue weighted by Crippen LogP contribution is 2.25. The smallest absolute Gasteiger partial charge is 0.206 e. The minimum absolute atomic E-state index is 0.961. The van der Waals surface area contributed by atoms with Gasteiger partial charge in [0.1, 0.15) is 0 Å². The van der Waals surface area contributed by atoms with Crippen molar-refractivity contribution in [3.63, 3.8) is 0 Å². The molecule has 1 heterocycles. The van der Waals surface area contributed by atoms with E-state index in [1.54, 1.807) is 11.3 Å². The van der Waals surface area contributed by atoms with E-state index in [0.717, 1.165) is 21.8 Å². The number of nitrogens with one attached hydrogen (secondary N) is 1. The van der Waals surface area contributed by atoms with Gasteiger partial charge in [-0.25, -0.2) is 0 Å². The van der Waals surface area contributed by atoms with Crippen molar-refractivity contribution in [2.24, 2.45) is 0 Å². The first-order valence-electron chi connectivity index (χ1n) is 5.57. The molecule has 0 aliphatic heterocycles. The molecule has 0 radical (unpaired) electrons. The first-order chi connectivity index (χ1) is 7.36. The van der Waals surface area contributed by atoms with Crippen LogP contribution in [0.1, 0.15) is 39.5 Å². The third-order valence-corrected chi connectivity index (χ3v) is 4.04. The highest BCUT2D eigenvalue weighted by Gasteiger charge is 2.03. The molecule has 3 nitrogen and oxygen atoms in total. The van der Waals surface area contributed by atoms with Crippen molar-refractivity contribution in [3.05, 3.63) is 0 Å². The van der Waals surface area contributed by atoms with Crippen LogP contribution >= 0.6 is 23.1 Å².